The first-order chi connectivity index (χ1) is 10.5. The molecule has 3 N–H and O–H groups in total. The van der Waals surface area contributed by atoms with Gasteiger partial charge >= 0.3 is 5.69 Å². The highest BCUT2D eigenvalue weighted by Gasteiger charge is 2.16. The van der Waals surface area contributed by atoms with Crippen molar-refractivity contribution in [2.45, 2.75) is 0 Å². The van der Waals surface area contributed by atoms with E-state index in [1.807, 2.05) is 30.3 Å². The minimum atomic E-state index is -0.495. The molecule has 2 heterocycles. The Morgan fingerprint density at radius 2 is 1.73 bits per heavy atom. The number of hydrazine groups is 1. The van der Waals surface area contributed by atoms with Crippen LogP contribution in [0.2, 0.25) is 0 Å². The Bertz CT molecular complexity index is 975. The summed E-state index contributed by atoms with van der Waals surface area (Å²) in [7, 11) is 2.95. The molecule has 0 saturated heterocycles. The van der Waals surface area contributed by atoms with Crippen LogP contribution in [0.15, 0.2) is 39.9 Å². The maximum atomic E-state index is 12.3. The summed E-state index contributed by atoms with van der Waals surface area (Å²) in [5.74, 6) is 6.05. The van der Waals surface area contributed by atoms with Crippen LogP contribution in [0, 0.1) is 0 Å². The summed E-state index contributed by atoms with van der Waals surface area (Å²) in [5, 5.41) is 0.173. The van der Waals surface area contributed by atoms with Crippen molar-refractivity contribution >= 4 is 16.9 Å². The number of aryl methyl sites for hydroxylation is 1. The van der Waals surface area contributed by atoms with E-state index in [0.29, 0.717) is 5.82 Å². The molecule has 0 saturated carbocycles. The summed E-state index contributed by atoms with van der Waals surface area (Å²) in [6.45, 7) is 0. The number of hydrogen-bond donors (Lipinski definition) is 2. The molecule has 3 aromatic rings. The molecule has 0 fully saturated rings. The van der Waals surface area contributed by atoms with E-state index >= 15 is 0 Å². The molecule has 0 amide bonds. The van der Waals surface area contributed by atoms with Gasteiger partial charge in [0.15, 0.2) is 17.3 Å². The van der Waals surface area contributed by atoms with Crippen molar-refractivity contribution in [3.8, 4) is 11.4 Å². The topological polar surface area (TPSA) is 108 Å². The predicted molar refractivity (Wildman–Crippen MR) is 83.3 cm³/mol. The highest BCUT2D eigenvalue weighted by molar-refractivity contribution is 5.87. The van der Waals surface area contributed by atoms with E-state index in [2.05, 4.69) is 15.4 Å². The van der Waals surface area contributed by atoms with Crippen molar-refractivity contribution in [1.82, 2.24) is 19.1 Å². The van der Waals surface area contributed by atoms with Gasteiger partial charge in [0.2, 0.25) is 0 Å². The Hall–Kier alpha value is -3.00. The van der Waals surface area contributed by atoms with Gasteiger partial charge in [0.25, 0.3) is 5.56 Å². The number of hydrogen-bond acceptors (Lipinski definition) is 6. The van der Waals surface area contributed by atoms with E-state index < -0.39 is 11.2 Å². The zero-order valence-corrected chi connectivity index (χ0v) is 12.1. The van der Waals surface area contributed by atoms with Gasteiger partial charge in [-0.15, -0.1) is 0 Å². The van der Waals surface area contributed by atoms with Crippen molar-refractivity contribution in [3.63, 3.8) is 0 Å². The fraction of sp³-hybridized carbons (Fsp3) is 0.143. The van der Waals surface area contributed by atoms with Gasteiger partial charge in [0.05, 0.1) is 0 Å². The smallest absolute Gasteiger partial charge is 0.308 e. The van der Waals surface area contributed by atoms with E-state index in [4.69, 9.17) is 5.84 Å². The Morgan fingerprint density at radius 3 is 2.36 bits per heavy atom. The Balaban J connectivity index is 2.48. The van der Waals surface area contributed by atoms with E-state index in [1.165, 1.54) is 11.6 Å². The first kappa shape index (κ1) is 14.0. The molecule has 0 aliphatic rings. The van der Waals surface area contributed by atoms with E-state index in [-0.39, 0.29) is 16.9 Å². The van der Waals surface area contributed by atoms with Gasteiger partial charge in [-0.25, -0.2) is 20.6 Å². The molecule has 0 bridgehead atoms. The van der Waals surface area contributed by atoms with Crippen molar-refractivity contribution < 1.29 is 0 Å². The molecule has 0 unspecified atom stereocenters. The highest BCUT2D eigenvalue weighted by Crippen LogP contribution is 2.21. The molecule has 0 aliphatic carbocycles. The van der Waals surface area contributed by atoms with Crippen LogP contribution in [0.4, 0.5) is 5.82 Å². The standard InChI is InChI=1S/C14H14N6O2/c1-19-12-9(13(21)20(2)14(19)22)11(18-15)16-10(17-12)8-6-4-3-5-7-8/h3-7H,15H2,1-2H3,(H,16,17,18). The molecule has 3 rings (SSSR count). The lowest BCUT2D eigenvalue weighted by Gasteiger charge is -2.11. The largest absolute Gasteiger partial charge is 0.332 e. The molecule has 0 aliphatic heterocycles. The molecule has 22 heavy (non-hydrogen) atoms. The zero-order valence-electron chi connectivity index (χ0n) is 12.1. The van der Waals surface area contributed by atoms with Gasteiger partial charge in [-0.3, -0.25) is 13.9 Å². The first-order valence-corrected chi connectivity index (χ1v) is 6.54. The van der Waals surface area contributed by atoms with Crippen LogP contribution in [0.5, 0.6) is 0 Å². The second-order valence-corrected chi connectivity index (χ2v) is 4.81. The summed E-state index contributed by atoms with van der Waals surface area (Å²) in [4.78, 5) is 33.0. The van der Waals surface area contributed by atoms with E-state index in [1.54, 1.807) is 7.05 Å². The van der Waals surface area contributed by atoms with Crippen LogP contribution in [0.1, 0.15) is 0 Å². The lowest BCUT2D eigenvalue weighted by molar-refractivity contribution is 0.707. The van der Waals surface area contributed by atoms with Gasteiger partial charge in [-0.2, -0.15) is 0 Å². The fourth-order valence-corrected chi connectivity index (χ4v) is 2.28. The summed E-state index contributed by atoms with van der Waals surface area (Å²) in [5.41, 5.74) is 2.45. The average molecular weight is 298 g/mol. The van der Waals surface area contributed by atoms with Gasteiger partial charge < -0.3 is 5.43 Å². The van der Waals surface area contributed by atoms with Crippen LogP contribution in [0.25, 0.3) is 22.4 Å². The number of nitrogens with zero attached hydrogens (tertiary/aromatic N) is 4. The van der Waals surface area contributed by atoms with Gasteiger partial charge in [-0.05, 0) is 0 Å². The molecular weight excluding hydrogens is 284 g/mol. The monoisotopic (exact) mass is 298 g/mol. The van der Waals surface area contributed by atoms with Gasteiger partial charge in [-0.1, -0.05) is 30.3 Å². The molecule has 1 aromatic carbocycles. The van der Waals surface area contributed by atoms with Gasteiger partial charge in [0, 0.05) is 19.7 Å². The molecule has 8 nitrogen and oxygen atoms in total. The first-order valence-electron chi connectivity index (χ1n) is 6.54. The van der Waals surface area contributed by atoms with Gasteiger partial charge in [0.1, 0.15) is 5.39 Å². The highest BCUT2D eigenvalue weighted by atomic mass is 16.2. The second kappa shape index (κ2) is 5.08. The third-order valence-electron chi connectivity index (χ3n) is 3.47. The quantitative estimate of drug-likeness (QED) is 0.508. The number of fused-ring (bicyclic) bond motifs is 1. The third-order valence-corrected chi connectivity index (χ3v) is 3.47. The van der Waals surface area contributed by atoms with Crippen LogP contribution in [-0.4, -0.2) is 19.1 Å². The lowest BCUT2D eigenvalue weighted by Crippen LogP contribution is -2.38. The second-order valence-electron chi connectivity index (χ2n) is 4.81. The van der Waals surface area contributed by atoms with Crippen molar-refractivity contribution in [2.24, 2.45) is 19.9 Å². The SMILES string of the molecule is Cn1c(=O)c2c(NN)nc(-c3ccccc3)nc2n(C)c1=O. The minimum absolute atomic E-state index is 0.173. The molecule has 0 radical (unpaired) electrons. The number of aromatic nitrogens is 4. The Kier molecular flexibility index (Phi) is 3.22. The number of nitrogens with two attached hydrogens (primary N) is 1. The van der Waals surface area contributed by atoms with Crippen molar-refractivity contribution in [3.05, 3.63) is 51.2 Å². The van der Waals surface area contributed by atoms with Crippen LogP contribution >= 0.6 is 0 Å². The molecular formula is C14H14N6O2. The molecule has 0 spiro atoms. The summed E-state index contributed by atoms with van der Waals surface area (Å²) < 4.78 is 2.29. The maximum absolute atomic E-state index is 12.3. The summed E-state index contributed by atoms with van der Waals surface area (Å²) in [6.07, 6.45) is 0. The Labute approximate surface area is 124 Å². The number of rotatable bonds is 2. The maximum Gasteiger partial charge on any atom is 0.332 e. The lowest BCUT2D eigenvalue weighted by atomic mass is 10.2. The Morgan fingerprint density at radius 1 is 1.05 bits per heavy atom. The molecule has 2 aromatic heterocycles. The van der Waals surface area contributed by atoms with Crippen LogP contribution < -0.4 is 22.5 Å². The van der Waals surface area contributed by atoms with Crippen molar-refractivity contribution in [2.75, 3.05) is 5.43 Å². The minimum Gasteiger partial charge on any atom is -0.308 e. The summed E-state index contributed by atoms with van der Waals surface area (Å²) >= 11 is 0. The molecule has 8 heteroatoms. The van der Waals surface area contributed by atoms with E-state index in [0.717, 1.165) is 10.1 Å². The van der Waals surface area contributed by atoms with E-state index in [9.17, 15) is 9.59 Å². The molecule has 112 valence electrons. The number of nitrogens with one attached hydrogen (secondary N) is 1. The van der Waals surface area contributed by atoms with Crippen molar-refractivity contribution in [1.29, 1.82) is 0 Å². The summed E-state index contributed by atoms with van der Waals surface area (Å²) in [6, 6.07) is 9.24. The van der Waals surface area contributed by atoms with Crippen LogP contribution in [0.3, 0.4) is 0 Å². The number of nitrogen functional groups attached to an aromatic ring is 1. The number of benzene rings is 1. The molecule has 0 atom stereocenters. The van der Waals surface area contributed by atoms with Crippen LogP contribution in [-0.2, 0) is 14.1 Å². The third kappa shape index (κ3) is 1.97. The fourth-order valence-electron chi connectivity index (χ4n) is 2.28. The predicted octanol–water partition coefficient (Wildman–Crippen LogP) is -0.0202. The number of anilines is 1. The normalized spacial score (nSPS) is 10.9. The average Bonchev–Trinajstić information content (AvgIpc) is 2.57. The zero-order chi connectivity index (χ0) is 15.9.